The molecule has 0 radical (unpaired) electrons. The van der Waals surface area contributed by atoms with E-state index >= 15 is 0 Å². The maximum absolute atomic E-state index is 12.3. The molecule has 0 saturated carbocycles. The minimum atomic E-state index is 0.0262. The maximum atomic E-state index is 12.3. The van der Waals surface area contributed by atoms with Gasteiger partial charge in [0.2, 0.25) is 0 Å². The summed E-state index contributed by atoms with van der Waals surface area (Å²) in [5, 5.41) is 6.35. The van der Waals surface area contributed by atoms with Crippen LogP contribution in [0.5, 0.6) is 0 Å². The van der Waals surface area contributed by atoms with Gasteiger partial charge >= 0.3 is 0 Å². The van der Waals surface area contributed by atoms with E-state index in [-0.39, 0.29) is 5.91 Å². The summed E-state index contributed by atoms with van der Waals surface area (Å²) in [6, 6.07) is 8.26. The lowest BCUT2D eigenvalue weighted by Crippen LogP contribution is -2.22. The molecule has 21 heavy (non-hydrogen) atoms. The van der Waals surface area contributed by atoms with Crippen LogP contribution in [0.1, 0.15) is 43.2 Å². The number of hydrogen-bond donors (Lipinski definition) is 2. The Hall–Kier alpha value is -1.65. The summed E-state index contributed by atoms with van der Waals surface area (Å²) in [7, 11) is 0. The molecule has 4 heteroatoms. The van der Waals surface area contributed by atoms with E-state index in [4.69, 9.17) is 0 Å². The Kier molecular flexibility index (Phi) is 3.28. The van der Waals surface area contributed by atoms with E-state index in [1.807, 2.05) is 23.5 Å². The van der Waals surface area contributed by atoms with Crippen LogP contribution in [-0.4, -0.2) is 5.91 Å². The average molecular weight is 298 g/mol. The fourth-order valence-electron chi connectivity index (χ4n) is 3.18. The van der Waals surface area contributed by atoms with E-state index in [1.54, 1.807) is 0 Å². The number of fused-ring (bicyclic) bond motifs is 2. The average Bonchev–Trinajstić information content (AvgIpc) is 3.18. The van der Waals surface area contributed by atoms with Gasteiger partial charge in [0.25, 0.3) is 5.91 Å². The van der Waals surface area contributed by atoms with Crippen LogP contribution in [0.3, 0.4) is 0 Å². The molecule has 0 unspecified atom stereocenters. The molecule has 108 valence electrons. The molecule has 2 N–H and O–H groups in total. The Bertz CT molecular complexity index is 683. The first-order valence-electron chi connectivity index (χ1n) is 7.51. The van der Waals surface area contributed by atoms with Crippen LogP contribution in [0.2, 0.25) is 0 Å². The van der Waals surface area contributed by atoms with Crippen LogP contribution in [0.15, 0.2) is 24.3 Å². The van der Waals surface area contributed by atoms with E-state index in [0.717, 1.165) is 18.7 Å². The van der Waals surface area contributed by atoms with Crippen LogP contribution in [-0.2, 0) is 32.5 Å². The quantitative estimate of drug-likeness (QED) is 0.915. The number of benzene rings is 1. The SMILES string of the molecule is O=C(NCc1cc2c(s1)CCC2)c1ccc2c(c1)CNC2. The number of thiophene rings is 1. The Balaban J connectivity index is 1.43. The minimum Gasteiger partial charge on any atom is -0.347 e. The van der Waals surface area contributed by atoms with Gasteiger partial charge in [-0.3, -0.25) is 4.79 Å². The topological polar surface area (TPSA) is 41.1 Å². The smallest absolute Gasteiger partial charge is 0.251 e. The summed E-state index contributed by atoms with van der Waals surface area (Å²) in [4.78, 5) is 15.1. The zero-order valence-electron chi connectivity index (χ0n) is 11.9. The first-order chi connectivity index (χ1) is 10.3. The summed E-state index contributed by atoms with van der Waals surface area (Å²) in [5.74, 6) is 0.0262. The van der Waals surface area contributed by atoms with Gasteiger partial charge in [-0.1, -0.05) is 6.07 Å². The zero-order valence-corrected chi connectivity index (χ0v) is 12.7. The first kappa shape index (κ1) is 13.0. The highest BCUT2D eigenvalue weighted by Gasteiger charge is 2.16. The van der Waals surface area contributed by atoms with Gasteiger partial charge in [0.05, 0.1) is 6.54 Å². The van der Waals surface area contributed by atoms with Crippen LogP contribution in [0.25, 0.3) is 0 Å². The second-order valence-electron chi connectivity index (χ2n) is 5.78. The van der Waals surface area contributed by atoms with Crippen molar-refractivity contribution in [1.29, 1.82) is 0 Å². The number of carbonyl (C=O) groups is 1. The second-order valence-corrected chi connectivity index (χ2v) is 7.01. The number of aryl methyl sites for hydroxylation is 2. The van der Waals surface area contributed by atoms with Crippen LogP contribution < -0.4 is 10.6 Å². The molecule has 2 aliphatic rings. The van der Waals surface area contributed by atoms with Crippen molar-refractivity contribution in [2.75, 3.05) is 0 Å². The molecule has 3 nitrogen and oxygen atoms in total. The van der Waals surface area contributed by atoms with Gasteiger partial charge in [0.15, 0.2) is 0 Å². The van der Waals surface area contributed by atoms with Gasteiger partial charge < -0.3 is 10.6 Å². The first-order valence-corrected chi connectivity index (χ1v) is 8.32. The van der Waals surface area contributed by atoms with E-state index < -0.39 is 0 Å². The molecule has 1 amide bonds. The van der Waals surface area contributed by atoms with Gasteiger partial charge in [-0.15, -0.1) is 11.3 Å². The van der Waals surface area contributed by atoms with Crippen molar-refractivity contribution in [3.63, 3.8) is 0 Å². The van der Waals surface area contributed by atoms with Gasteiger partial charge in [-0.25, -0.2) is 0 Å². The van der Waals surface area contributed by atoms with Crippen molar-refractivity contribution in [1.82, 2.24) is 10.6 Å². The Morgan fingerprint density at radius 1 is 1.14 bits per heavy atom. The highest BCUT2D eigenvalue weighted by molar-refractivity contribution is 7.12. The molecule has 2 heterocycles. The zero-order chi connectivity index (χ0) is 14.2. The predicted octanol–water partition coefficient (Wildman–Crippen LogP) is 2.77. The van der Waals surface area contributed by atoms with E-state index in [9.17, 15) is 4.79 Å². The van der Waals surface area contributed by atoms with Crippen LogP contribution in [0, 0.1) is 0 Å². The van der Waals surface area contributed by atoms with Crippen molar-refractivity contribution in [3.8, 4) is 0 Å². The van der Waals surface area contributed by atoms with Gasteiger partial charge in [0.1, 0.15) is 0 Å². The van der Waals surface area contributed by atoms with Crippen molar-refractivity contribution < 1.29 is 4.79 Å². The van der Waals surface area contributed by atoms with Gasteiger partial charge in [0, 0.05) is 28.4 Å². The Labute approximate surface area is 128 Å². The van der Waals surface area contributed by atoms with Crippen molar-refractivity contribution in [2.24, 2.45) is 0 Å². The number of carbonyl (C=O) groups excluding carboxylic acids is 1. The van der Waals surface area contributed by atoms with Crippen molar-refractivity contribution in [2.45, 2.75) is 38.9 Å². The number of nitrogens with one attached hydrogen (secondary N) is 2. The molecular formula is C17H18N2OS. The second kappa shape index (κ2) is 5.28. The molecular weight excluding hydrogens is 280 g/mol. The molecule has 1 aliphatic heterocycles. The van der Waals surface area contributed by atoms with Gasteiger partial charge in [-0.05, 0) is 54.2 Å². The lowest BCUT2D eigenvalue weighted by atomic mass is 10.1. The molecule has 0 fully saturated rings. The molecule has 1 aromatic carbocycles. The van der Waals surface area contributed by atoms with E-state index in [1.165, 1.54) is 45.7 Å². The predicted molar refractivity (Wildman–Crippen MR) is 84.5 cm³/mol. The highest BCUT2D eigenvalue weighted by atomic mass is 32.1. The minimum absolute atomic E-state index is 0.0262. The van der Waals surface area contributed by atoms with E-state index in [0.29, 0.717) is 6.54 Å². The summed E-state index contributed by atoms with van der Waals surface area (Å²) in [6.07, 6.45) is 3.71. The number of hydrogen-bond acceptors (Lipinski definition) is 3. The lowest BCUT2D eigenvalue weighted by molar-refractivity contribution is 0.0951. The summed E-state index contributed by atoms with van der Waals surface area (Å²) in [6.45, 7) is 2.43. The molecule has 4 rings (SSSR count). The third-order valence-corrected chi connectivity index (χ3v) is 5.56. The molecule has 0 saturated heterocycles. The Morgan fingerprint density at radius 2 is 2.05 bits per heavy atom. The summed E-state index contributed by atoms with van der Waals surface area (Å²) < 4.78 is 0. The monoisotopic (exact) mass is 298 g/mol. The largest absolute Gasteiger partial charge is 0.347 e. The van der Waals surface area contributed by atoms with Crippen LogP contribution >= 0.6 is 11.3 Å². The van der Waals surface area contributed by atoms with Gasteiger partial charge in [-0.2, -0.15) is 0 Å². The molecule has 0 atom stereocenters. The lowest BCUT2D eigenvalue weighted by Gasteiger charge is -2.06. The van der Waals surface area contributed by atoms with Crippen molar-refractivity contribution in [3.05, 3.63) is 56.3 Å². The van der Waals surface area contributed by atoms with Crippen molar-refractivity contribution >= 4 is 17.2 Å². The molecule has 1 aromatic heterocycles. The number of rotatable bonds is 3. The molecule has 2 aromatic rings. The molecule has 0 spiro atoms. The van der Waals surface area contributed by atoms with E-state index in [2.05, 4.69) is 22.8 Å². The summed E-state index contributed by atoms with van der Waals surface area (Å²) in [5.41, 5.74) is 4.81. The fraction of sp³-hybridized carbons (Fsp3) is 0.353. The van der Waals surface area contributed by atoms with Crippen LogP contribution in [0.4, 0.5) is 0 Å². The normalized spacial score (nSPS) is 15.8. The molecule has 1 aliphatic carbocycles. The third-order valence-electron chi connectivity index (χ3n) is 4.32. The number of amides is 1. The Morgan fingerprint density at radius 3 is 2.95 bits per heavy atom. The highest BCUT2D eigenvalue weighted by Crippen LogP contribution is 2.30. The fourth-order valence-corrected chi connectivity index (χ4v) is 4.38. The molecule has 0 bridgehead atoms. The maximum Gasteiger partial charge on any atom is 0.251 e. The third kappa shape index (κ3) is 2.49. The standard InChI is InChI=1S/C17H18N2OS/c20-17(12-4-5-13-8-18-9-14(13)6-12)19-10-15-7-11-2-1-3-16(11)21-15/h4-7,18H,1-3,8-10H2,(H,19,20). The summed E-state index contributed by atoms with van der Waals surface area (Å²) >= 11 is 1.85.